The summed E-state index contributed by atoms with van der Waals surface area (Å²) in [5, 5.41) is 11.4. The van der Waals surface area contributed by atoms with Gasteiger partial charge < -0.3 is 30.9 Å². The van der Waals surface area contributed by atoms with Crippen molar-refractivity contribution in [2.75, 3.05) is 32.8 Å². The number of ether oxygens (including phenoxy) is 1. The molecule has 0 saturated heterocycles. The molecule has 1 aliphatic rings. The number of carbonyl (C=O) groups is 4. The topological polar surface area (TPSA) is 129 Å². The minimum absolute atomic E-state index is 0.140. The molecule has 1 aromatic rings. The van der Waals surface area contributed by atoms with Gasteiger partial charge in [0.1, 0.15) is 24.4 Å². The van der Waals surface area contributed by atoms with Crippen LogP contribution in [0.2, 0.25) is 0 Å². The standard InChI is InChI=1S/C29H47N5O5/c1-7-20(6)26-29(38)31-21(16-19(4)5)18-39-24-13-11-10-12-22(24)27(36)32-23(17-25(35)33-26)28(37)30-14-15-34(8-2)9-3/h10-13,19-21,23,26H,7-9,14-18H2,1-6H3,(H,30,37)(H,31,38)(H,32,36)(H,33,35)/t20-,21+,23-,26-/m0/s1. The summed E-state index contributed by atoms with van der Waals surface area (Å²) in [6, 6.07) is 4.54. The average Bonchev–Trinajstić information content (AvgIpc) is 2.91. The monoisotopic (exact) mass is 545 g/mol. The first kappa shape index (κ1) is 32.1. The van der Waals surface area contributed by atoms with E-state index in [4.69, 9.17) is 4.74 Å². The van der Waals surface area contributed by atoms with Crippen LogP contribution in [0.15, 0.2) is 24.3 Å². The molecule has 0 fully saturated rings. The van der Waals surface area contributed by atoms with Gasteiger partial charge in [-0.05, 0) is 43.5 Å². The second kappa shape index (κ2) is 16.1. The Bertz CT molecular complexity index is 965. The lowest BCUT2D eigenvalue weighted by molar-refractivity contribution is -0.132. The second-order valence-corrected chi connectivity index (χ2v) is 10.6. The lowest BCUT2D eigenvalue weighted by Crippen LogP contribution is -2.56. The van der Waals surface area contributed by atoms with E-state index in [1.807, 2.05) is 27.7 Å². The fourth-order valence-electron chi connectivity index (χ4n) is 4.56. The number of benzene rings is 1. The summed E-state index contributed by atoms with van der Waals surface area (Å²) in [7, 11) is 0. The van der Waals surface area contributed by atoms with Crippen molar-refractivity contribution in [3.63, 3.8) is 0 Å². The van der Waals surface area contributed by atoms with Gasteiger partial charge >= 0.3 is 0 Å². The predicted molar refractivity (Wildman–Crippen MR) is 151 cm³/mol. The second-order valence-electron chi connectivity index (χ2n) is 10.6. The minimum Gasteiger partial charge on any atom is -0.491 e. The Morgan fingerprint density at radius 1 is 1.05 bits per heavy atom. The molecule has 0 aromatic heterocycles. The maximum Gasteiger partial charge on any atom is 0.255 e. The molecule has 10 nitrogen and oxygen atoms in total. The molecule has 0 unspecified atom stereocenters. The fourth-order valence-corrected chi connectivity index (χ4v) is 4.56. The van der Waals surface area contributed by atoms with Crippen LogP contribution in [-0.2, 0) is 14.4 Å². The fraction of sp³-hybridized carbons (Fsp3) is 0.655. The number of fused-ring (bicyclic) bond motifs is 1. The molecular formula is C29H47N5O5. The van der Waals surface area contributed by atoms with Gasteiger partial charge in [-0.15, -0.1) is 0 Å². The third-order valence-electron chi connectivity index (χ3n) is 7.12. The summed E-state index contributed by atoms with van der Waals surface area (Å²) in [5.74, 6) is -1.25. The van der Waals surface area contributed by atoms with Gasteiger partial charge in [0.05, 0.1) is 18.0 Å². The first-order chi connectivity index (χ1) is 18.6. The maximum atomic E-state index is 13.4. The van der Waals surface area contributed by atoms with Gasteiger partial charge in [-0.1, -0.05) is 60.1 Å². The lowest BCUT2D eigenvalue weighted by atomic mass is 9.96. The Hall–Kier alpha value is -3.14. The maximum absolute atomic E-state index is 13.4. The van der Waals surface area contributed by atoms with Gasteiger partial charge in [0.2, 0.25) is 17.7 Å². The first-order valence-corrected chi connectivity index (χ1v) is 14.2. The van der Waals surface area contributed by atoms with Gasteiger partial charge in [-0.25, -0.2) is 0 Å². The van der Waals surface area contributed by atoms with Crippen LogP contribution in [0.3, 0.4) is 0 Å². The molecule has 2 rings (SSSR count). The largest absolute Gasteiger partial charge is 0.491 e. The van der Waals surface area contributed by atoms with E-state index in [2.05, 4.69) is 40.0 Å². The molecule has 0 saturated carbocycles. The Balaban J connectivity index is 2.37. The smallest absolute Gasteiger partial charge is 0.255 e. The molecule has 4 N–H and O–H groups in total. The van der Waals surface area contributed by atoms with Crippen LogP contribution in [0, 0.1) is 11.8 Å². The molecule has 39 heavy (non-hydrogen) atoms. The Morgan fingerprint density at radius 3 is 2.38 bits per heavy atom. The number of amides is 4. The molecule has 4 atom stereocenters. The van der Waals surface area contributed by atoms with Crippen molar-refractivity contribution in [2.24, 2.45) is 11.8 Å². The quantitative estimate of drug-likeness (QED) is 0.356. The zero-order chi connectivity index (χ0) is 28.9. The molecule has 0 bridgehead atoms. The van der Waals surface area contributed by atoms with E-state index < -0.39 is 29.8 Å². The molecule has 0 spiro atoms. The van der Waals surface area contributed by atoms with E-state index in [0.29, 0.717) is 31.7 Å². The highest BCUT2D eigenvalue weighted by atomic mass is 16.5. The van der Waals surface area contributed by atoms with Crippen LogP contribution >= 0.6 is 0 Å². The molecule has 10 heteroatoms. The van der Waals surface area contributed by atoms with Crippen molar-refractivity contribution in [2.45, 2.75) is 78.9 Å². The van der Waals surface area contributed by atoms with E-state index in [0.717, 1.165) is 13.1 Å². The first-order valence-electron chi connectivity index (χ1n) is 14.2. The van der Waals surface area contributed by atoms with E-state index in [1.165, 1.54) is 0 Å². The van der Waals surface area contributed by atoms with Crippen LogP contribution in [0.1, 0.15) is 71.2 Å². The van der Waals surface area contributed by atoms with Crippen LogP contribution in [0.4, 0.5) is 0 Å². The molecule has 0 radical (unpaired) electrons. The van der Waals surface area contributed by atoms with Crippen LogP contribution in [0.5, 0.6) is 5.75 Å². The summed E-state index contributed by atoms with van der Waals surface area (Å²) < 4.78 is 6.05. The van der Waals surface area contributed by atoms with Crippen molar-refractivity contribution >= 4 is 23.6 Å². The van der Waals surface area contributed by atoms with Crippen molar-refractivity contribution in [3.05, 3.63) is 29.8 Å². The summed E-state index contributed by atoms with van der Waals surface area (Å²) in [5.41, 5.74) is 0.253. The lowest BCUT2D eigenvalue weighted by Gasteiger charge is -2.29. The van der Waals surface area contributed by atoms with Crippen molar-refractivity contribution < 1.29 is 23.9 Å². The summed E-state index contributed by atoms with van der Waals surface area (Å²) in [4.78, 5) is 55.2. The van der Waals surface area contributed by atoms with Gasteiger partial charge in [0, 0.05) is 13.1 Å². The number of hydrogen-bond donors (Lipinski definition) is 4. The average molecular weight is 546 g/mol. The number of rotatable bonds is 10. The number of nitrogens with zero attached hydrogens (tertiary/aromatic N) is 1. The van der Waals surface area contributed by atoms with Gasteiger partial charge in [-0.2, -0.15) is 0 Å². The Labute approximate surface area is 233 Å². The molecule has 218 valence electrons. The van der Waals surface area contributed by atoms with Crippen LogP contribution in [0.25, 0.3) is 0 Å². The highest BCUT2D eigenvalue weighted by Crippen LogP contribution is 2.20. The third kappa shape index (κ3) is 10.2. The molecule has 0 aliphatic carbocycles. The molecule has 1 aromatic carbocycles. The van der Waals surface area contributed by atoms with E-state index in [1.54, 1.807) is 24.3 Å². The number of carbonyl (C=O) groups excluding carboxylic acids is 4. The van der Waals surface area contributed by atoms with Gasteiger partial charge in [0.15, 0.2) is 0 Å². The molecular weight excluding hydrogens is 498 g/mol. The van der Waals surface area contributed by atoms with Crippen LogP contribution in [-0.4, -0.2) is 79.4 Å². The Kier molecular flexibility index (Phi) is 13.2. The third-order valence-corrected chi connectivity index (χ3v) is 7.12. The predicted octanol–water partition coefficient (Wildman–Crippen LogP) is 2.09. The van der Waals surface area contributed by atoms with E-state index in [9.17, 15) is 19.2 Å². The zero-order valence-corrected chi connectivity index (χ0v) is 24.3. The summed E-state index contributed by atoms with van der Waals surface area (Å²) in [6.45, 7) is 14.9. The van der Waals surface area contributed by atoms with Crippen molar-refractivity contribution in [3.8, 4) is 5.75 Å². The number of likely N-dealkylation sites (N-methyl/N-ethyl adjacent to an activating group) is 1. The minimum atomic E-state index is -1.13. The SMILES string of the molecule is CC[C@H](C)[C@@H]1NC(=O)C[C@@H](C(=O)NCCN(CC)CC)NC(=O)c2ccccc2OC[C@@H](CC(C)C)NC1=O. The summed E-state index contributed by atoms with van der Waals surface area (Å²) in [6.07, 6.45) is 1.03. The van der Waals surface area contributed by atoms with Crippen LogP contribution < -0.4 is 26.0 Å². The van der Waals surface area contributed by atoms with Crippen molar-refractivity contribution in [1.29, 1.82) is 0 Å². The highest BCUT2D eigenvalue weighted by molar-refractivity contribution is 6.01. The van der Waals surface area contributed by atoms with Gasteiger partial charge in [-0.3, -0.25) is 19.2 Å². The number of nitrogens with one attached hydrogen (secondary N) is 4. The molecule has 1 heterocycles. The highest BCUT2D eigenvalue weighted by Gasteiger charge is 2.32. The van der Waals surface area contributed by atoms with Gasteiger partial charge in [0.25, 0.3) is 5.91 Å². The number of para-hydroxylation sites is 1. The van der Waals surface area contributed by atoms with E-state index in [-0.39, 0.29) is 42.4 Å². The molecule has 1 aliphatic heterocycles. The zero-order valence-electron chi connectivity index (χ0n) is 24.3. The molecule has 4 amide bonds. The van der Waals surface area contributed by atoms with E-state index >= 15 is 0 Å². The van der Waals surface area contributed by atoms with Crippen molar-refractivity contribution in [1.82, 2.24) is 26.2 Å². The Morgan fingerprint density at radius 2 is 1.74 bits per heavy atom. The normalized spacial score (nSPS) is 21.6. The summed E-state index contributed by atoms with van der Waals surface area (Å²) >= 11 is 0. The number of hydrogen-bond acceptors (Lipinski definition) is 6.